The average molecular weight is 576 g/mol. The van der Waals surface area contributed by atoms with Crippen molar-refractivity contribution < 1.29 is 18.7 Å². The summed E-state index contributed by atoms with van der Waals surface area (Å²) < 4.78 is 20.2. The third-order valence-electron chi connectivity index (χ3n) is 8.29. The van der Waals surface area contributed by atoms with Crippen molar-refractivity contribution >= 4 is 28.5 Å². The zero-order valence-electron chi connectivity index (χ0n) is 23.7. The predicted molar refractivity (Wildman–Crippen MR) is 163 cm³/mol. The van der Waals surface area contributed by atoms with E-state index >= 15 is 0 Å². The molecule has 5 aromatic rings. The molecule has 43 heavy (non-hydrogen) atoms. The molecule has 2 fully saturated rings. The number of hydrogen-bond donors (Lipinski definition) is 2. The molecular formula is C34H30FN5O3. The Labute approximate surface area is 247 Å². The fourth-order valence-corrected chi connectivity index (χ4v) is 5.65. The summed E-state index contributed by atoms with van der Waals surface area (Å²) in [4.78, 5) is 40.1. The van der Waals surface area contributed by atoms with Gasteiger partial charge in [-0.3, -0.25) is 9.59 Å². The zero-order chi connectivity index (χ0) is 29.5. The SMILES string of the molecule is Cc1c(NC(=O)c2ccc(C3CC3)cc2F)cccc1-c1ncnc2[nH]c(-c3ccc(C(=O)N4CCOCC4)cc3)cc12. The number of ether oxygens (including phenoxy) is 1. The highest BCUT2D eigenvalue weighted by Gasteiger charge is 2.25. The maximum Gasteiger partial charge on any atom is 0.258 e. The Balaban J connectivity index is 1.15. The van der Waals surface area contributed by atoms with E-state index in [9.17, 15) is 14.0 Å². The molecule has 1 saturated carbocycles. The topological polar surface area (TPSA) is 100 Å². The van der Waals surface area contributed by atoms with Crippen molar-refractivity contribution in [2.24, 2.45) is 0 Å². The Morgan fingerprint density at radius 3 is 2.53 bits per heavy atom. The lowest BCUT2D eigenvalue weighted by molar-refractivity contribution is 0.0303. The van der Waals surface area contributed by atoms with Crippen LogP contribution < -0.4 is 5.32 Å². The van der Waals surface area contributed by atoms with Gasteiger partial charge in [0, 0.05) is 41.0 Å². The number of anilines is 1. The van der Waals surface area contributed by atoms with Gasteiger partial charge in [-0.25, -0.2) is 14.4 Å². The summed E-state index contributed by atoms with van der Waals surface area (Å²) in [6.45, 7) is 4.22. The standard InChI is InChI=1S/C34H30FN5O3/c1-20-25(3-2-4-29(20)39-33(41)26-12-11-24(17-28(26)35)21-5-6-21)31-27-18-30(38-32(27)37-19-36-31)22-7-9-23(10-8-22)34(42)40-13-15-43-16-14-40/h2-4,7-12,17-19,21H,5-6,13-16H2,1H3,(H,39,41)(H,36,37,38). The summed E-state index contributed by atoms with van der Waals surface area (Å²) >= 11 is 0. The van der Waals surface area contributed by atoms with E-state index in [2.05, 4.69) is 20.3 Å². The number of aromatic nitrogens is 3. The van der Waals surface area contributed by atoms with E-state index < -0.39 is 11.7 Å². The monoisotopic (exact) mass is 575 g/mol. The number of carbonyl (C=O) groups excluding carboxylic acids is 2. The fraction of sp³-hybridized carbons (Fsp3) is 0.235. The van der Waals surface area contributed by atoms with Crippen LogP contribution in [0.25, 0.3) is 33.5 Å². The summed E-state index contributed by atoms with van der Waals surface area (Å²) in [6, 6.07) is 20.0. The molecule has 1 aliphatic carbocycles. The number of hydrogen-bond acceptors (Lipinski definition) is 5. The number of halogens is 1. The van der Waals surface area contributed by atoms with Crippen molar-refractivity contribution in [1.82, 2.24) is 19.9 Å². The summed E-state index contributed by atoms with van der Waals surface area (Å²) in [5.41, 5.74) is 6.94. The number of carbonyl (C=O) groups is 2. The summed E-state index contributed by atoms with van der Waals surface area (Å²) in [6.07, 6.45) is 3.64. The molecule has 2 N–H and O–H groups in total. The number of rotatable bonds is 6. The van der Waals surface area contributed by atoms with Crippen LogP contribution in [0.5, 0.6) is 0 Å². The van der Waals surface area contributed by atoms with Crippen LogP contribution in [0.15, 0.2) is 73.1 Å². The second-order valence-electron chi connectivity index (χ2n) is 11.1. The molecule has 1 saturated heterocycles. The highest BCUT2D eigenvalue weighted by atomic mass is 19.1. The first-order valence-electron chi connectivity index (χ1n) is 14.5. The van der Waals surface area contributed by atoms with Crippen molar-refractivity contribution in [1.29, 1.82) is 0 Å². The third-order valence-corrected chi connectivity index (χ3v) is 8.29. The van der Waals surface area contributed by atoms with Crippen molar-refractivity contribution in [3.63, 3.8) is 0 Å². The van der Waals surface area contributed by atoms with Gasteiger partial charge in [0.15, 0.2) is 0 Å². The van der Waals surface area contributed by atoms with Crippen LogP contribution in [-0.2, 0) is 4.74 Å². The predicted octanol–water partition coefficient (Wildman–Crippen LogP) is 6.34. The van der Waals surface area contributed by atoms with Crippen LogP contribution in [0.4, 0.5) is 10.1 Å². The number of nitrogens with zero attached hydrogens (tertiary/aromatic N) is 3. The number of amides is 2. The molecule has 3 heterocycles. The maximum absolute atomic E-state index is 14.8. The Hall–Kier alpha value is -4.89. The van der Waals surface area contributed by atoms with Gasteiger partial charge in [0.05, 0.1) is 24.5 Å². The minimum Gasteiger partial charge on any atom is -0.378 e. The molecule has 8 nitrogen and oxygen atoms in total. The summed E-state index contributed by atoms with van der Waals surface area (Å²) in [7, 11) is 0. The highest BCUT2D eigenvalue weighted by molar-refractivity contribution is 6.06. The van der Waals surface area contributed by atoms with Gasteiger partial charge in [-0.05, 0) is 78.8 Å². The fourth-order valence-electron chi connectivity index (χ4n) is 5.65. The molecule has 0 spiro atoms. The van der Waals surface area contributed by atoms with Crippen molar-refractivity contribution in [3.05, 3.63) is 101 Å². The first-order valence-corrected chi connectivity index (χ1v) is 14.5. The number of aromatic amines is 1. The Bertz CT molecular complexity index is 1860. The molecule has 0 atom stereocenters. The van der Waals surface area contributed by atoms with Gasteiger partial charge in [-0.2, -0.15) is 0 Å². The number of nitrogens with one attached hydrogen (secondary N) is 2. The molecule has 2 aromatic heterocycles. The van der Waals surface area contributed by atoms with E-state index in [1.165, 1.54) is 12.4 Å². The molecule has 0 unspecified atom stereocenters. The smallest absolute Gasteiger partial charge is 0.258 e. The van der Waals surface area contributed by atoms with Crippen LogP contribution in [-0.4, -0.2) is 58.0 Å². The second kappa shape index (κ2) is 11.1. The van der Waals surface area contributed by atoms with E-state index in [1.807, 2.05) is 60.4 Å². The lowest BCUT2D eigenvalue weighted by atomic mass is 10.0. The lowest BCUT2D eigenvalue weighted by Gasteiger charge is -2.26. The zero-order valence-corrected chi connectivity index (χ0v) is 23.7. The van der Waals surface area contributed by atoms with Gasteiger partial charge in [0.2, 0.25) is 0 Å². The molecule has 216 valence electrons. The summed E-state index contributed by atoms with van der Waals surface area (Å²) in [5.74, 6) is -0.591. The largest absolute Gasteiger partial charge is 0.378 e. The molecule has 1 aliphatic heterocycles. The van der Waals surface area contributed by atoms with Crippen LogP contribution in [0.2, 0.25) is 0 Å². The maximum atomic E-state index is 14.8. The van der Waals surface area contributed by atoms with Crippen LogP contribution in [0.3, 0.4) is 0 Å². The molecule has 2 aliphatic rings. The normalized spacial score (nSPS) is 15.1. The lowest BCUT2D eigenvalue weighted by Crippen LogP contribution is -2.40. The second-order valence-corrected chi connectivity index (χ2v) is 11.1. The quantitative estimate of drug-likeness (QED) is 0.246. The number of morpholine rings is 1. The van der Waals surface area contributed by atoms with E-state index in [1.54, 1.807) is 12.1 Å². The average Bonchev–Trinajstić information content (AvgIpc) is 3.80. The van der Waals surface area contributed by atoms with E-state index in [0.29, 0.717) is 54.8 Å². The van der Waals surface area contributed by atoms with Crippen LogP contribution in [0.1, 0.15) is 50.6 Å². The molecule has 9 heteroatoms. The van der Waals surface area contributed by atoms with Crippen LogP contribution in [0, 0.1) is 12.7 Å². The van der Waals surface area contributed by atoms with Gasteiger partial charge in [-0.15, -0.1) is 0 Å². The minimum atomic E-state index is -0.508. The van der Waals surface area contributed by atoms with E-state index in [-0.39, 0.29) is 11.5 Å². The first-order chi connectivity index (χ1) is 21.0. The highest BCUT2D eigenvalue weighted by Crippen LogP contribution is 2.40. The van der Waals surface area contributed by atoms with Crippen molar-refractivity contribution in [3.8, 4) is 22.5 Å². The molecule has 7 rings (SSSR count). The molecule has 2 amide bonds. The van der Waals surface area contributed by atoms with Gasteiger partial charge >= 0.3 is 0 Å². The molecule has 3 aromatic carbocycles. The van der Waals surface area contributed by atoms with Crippen molar-refractivity contribution in [2.75, 3.05) is 31.6 Å². The first kappa shape index (κ1) is 27.0. The number of fused-ring (bicyclic) bond motifs is 1. The van der Waals surface area contributed by atoms with Gasteiger partial charge in [0.25, 0.3) is 11.8 Å². The van der Waals surface area contributed by atoms with Gasteiger partial charge in [0.1, 0.15) is 17.8 Å². The Kier molecular flexibility index (Phi) is 6.95. The molecule has 0 radical (unpaired) electrons. The Morgan fingerprint density at radius 2 is 1.79 bits per heavy atom. The van der Waals surface area contributed by atoms with Crippen molar-refractivity contribution in [2.45, 2.75) is 25.7 Å². The van der Waals surface area contributed by atoms with Gasteiger partial charge < -0.3 is 19.9 Å². The van der Waals surface area contributed by atoms with Gasteiger partial charge in [-0.1, -0.05) is 30.3 Å². The van der Waals surface area contributed by atoms with E-state index in [0.717, 1.165) is 46.2 Å². The number of benzene rings is 3. The van der Waals surface area contributed by atoms with E-state index in [4.69, 9.17) is 4.74 Å². The number of H-pyrrole nitrogens is 1. The third kappa shape index (κ3) is 5.28. The van der Waals surface area contributed by atoms with Crippen LogP contribution >= 0.6 is 0 Å². The molecular weight excluding hydrogens is 545 g/mol. The summed E-state index contributed by atoms with van der Waals surface area (Å²) in [5, 5.41) is 3.71. The minimum absolute atomic E-state index is 0.000101. The molecule has 0 bridgehead atoms. The Morgan fingerprint density at radius 1 is 1.00 bits per heavy atom.